The molecule has 1 saturated carbocycles. The summed E-state index contributed by atoms with van der Waals surface area (Å²) in [7, 11) is 0. The third-order valence-corrected chi connectivity index (χ3v) is 6.60. The van der Waals surface area contributed by atoms with Crippen molar-refractivity contribution in [3.8, 4) is 0 Å². The van der Waals surface area contributed by atoms with Crippen molar-refractivity contribution in [1.29, 1.82) is 0 Å². The van der Waals surface area contributed by atoms with E-state index < -0.39 is 5.54 Å². The van der Waals surface area contributed by atoms with E-state index in [2.05, 4.69) is 19.2 Å². The van der Waals surface area contributed by atoms with Crippen molar-refractivity contribution >= 4 is 22.9 Å². The average molecular weight is 400 g/mol. The second-order valence-electron chi connectivity index (χ2n) is 9.44. The number of fused-ring (bicyclic) bond motifs is 3. The molecule has 2 aromatic rings. The predicted octanol–water partition coefficient (Wildman–Crippen LogP) is 4.25. The van der Waals surface area contributed by atoms with E-state index in [4.69, 9.17) is 4.42 Å². The zero-order valence-electron chi connectivity index (χ0n) is 18.1. The molecular formula is C23H33N3O3. The lowest BCUT2D eigenvalue weighted by Gasteiger charge is -2.45. The molecule has 1 unspecified atom stereocenters. The number of hydrogen-bond acceptors (Lipinski definition) is 3. The molecule has 0 spiro atoms. The number of furan rings is 1. The molecule has 158 valence electrons. The lowest BCUT2D eigenvalue weighted by atomic mass is 9.91. The highest BCUT2D eigenvalue weighted by Gasteiger charge is 2.48. The summed E-state index contributed by atoms with van der Waals surface area (Å²) in [6.45, 7) is 9.15. The number of rotatable bonds is 5. The van der Waals surface area contributed by atoms with Crippen LogP contribution in [-0.2, 0) is 11.3 Å². The third kappa shape index (κ3) is 3.58. The fraction of sp³-hybridized carbons (Fsp3) is 0.652. The predicted molar refractivity (Wildman–Crippen MR) is 113 cm³/mol. The van der Waals surface area contributed by atoms with E-state index in [1.54, 1.807) is 4.90 Å². The van der Waals surface area contributed by atoms with Crippen molar-refractivity contribution in [2.75, 3.05) is 6.54 Å². The summed E-state index contributed by atoms with van der Waals surface area (Å²) in [6, 6.07) is 4.00. The van der Waals surface area contributed by atoms with Crippen molar-refractivity contribution in [3.05, 3.63) is 23.6 Å². The Hall–Kier alpha value is -2.24. The molecule has 2 amide bonds. The molecule has 3 heterocycles. The molecule has 0 aromatic carbocycles. The second-order valence-corrected chi connectivity index (χ2v) is 9.44. The standard InChI is InChI=1S/C23H33N3O3/c1-15(2)10-11-26-21(27)19-13-20-18(12-16(3)29-20)25(19)14-23(26,4)22(28)24-17-8-6-5-7-9-17/h12-13,15,17H,5-11,14H2,1-4H3,(H,24,28). The SMILES string of the molecule is Cc1cc2c(cc3n2CC(C)(C(=O)NC2CCCCC2)N(CCC(C)C)C3=O)o1. The first-order valence-corrected chi connectivity index (χ1v) is 11.0. The van der Waals surface area contributed by atoms with Crippen LogP contribution in [0.15, 0.2) is 16.5 Å². The highest BCUT2D eigenvalue weighted by molar-refractivity contribution is 6.03. The van der Waals surface area contributed by atoms with Crippen LogP contribution in [0.4, 0.5) is 0 Å². The minimum Gasteiger partial charge on any atom is -0.460 e. The van der Waals surface area contributed by atoms with Crippen molar-refractivity contribution in [1.82, 2.24) is 14.8 Å². The molecule has 29 heavy (non-hydrogen) atoms. The van der Waals surface area contributed by atoms with Gasteiger partial charge in [-0.1, -0.05) is 33.1 Å². The van der Waals surface area contributed by atoms with Gasteiger partial charge in [0, 0.05) is 24.7 Å². The number of amides is 2. The highest BCUT2D eigenvalue weighted by atomic mass is 16.3. The molecule has 1 atom stereocenters. The van der Waals surface area contributed by atoms with E-state index in [1.807, 2.05) is 30.5 Å². The summed E-state index contributed by atoms with van der Waals surface area (Å²) in [5.74, 6) is 1.16. The Morgan fingerprint density at radius 2 is 2.00 bits per heavy atom. The molecule has 1 aliphatic heterocycles. The molecule has 0 saturated heterocycles. The summed E-state index contributed by atoms with van der Waals surface area (Å²) in [5.41, 5.74) is 1.32. The molecule has 6 heteroatoms. The van der Waals surface area contributed by atoms with Crippen LogP contribution < -0.4 is 5.32 Å². The van der Waals surface area contributed by atoms with Crippen molar-refractivity contribution < 1.29 is 14.0 Å². The quantitative estimate of drug-likeness (QED) is 0.817. The molecule has 1 N–H and O–H groups in total. The molecule has 6 nitrogen and oxygen atoms in total. The van der Waals surface area contributed by atoms with E-state index in [0.717, 1.165) is 43.4 Å². The van der Waals surface area contributed by atoms with E-state index in [9.17, 15) is 9.59 Å². The van der Waals surface area contributed by atoms with E-state index in [0.29, 0.717) is 30.3 Å². The van der Waals surface area contributed by atoms with E-state index in [1.165, 1.54) is 6.42 Å². The first-order chi connectivity index (χ1) is 13.8. The summed E-state index contributed by atoms with van der Waals surface area (Å²) >= 11 is 0. The van der Waals surface area contributed by atoms with Crippen molar-refractivity contribution in [3.63, 3.8) is 0 Å². The first-order valence-electron chi connectivity index (χ1n) is 11.0. The zero-order chi connectivity index (χ0) is 20.8. The maximum Gasteiger partial charge on any atom is 0.271 e. The Morgan fingerprint density at radius 3 is 2.69 bits per heavy atom. The third-order valence-electron chi connectivity index (χ3n) is 6.60. The van der Waals surface area contributed by atoms with Crippen LogP contribution in [0.25, 0.3) is 11.1 Å². The maximum atomic E-state index is 13.5. The molecule has 1 aliphatic carbocycles. The fourth-order valence-corrected chi connectivity index (χ4v) is 4.79. The Bertz CT molecular complexity index is 919. The van der Waals surface area contributed by atoms with Crippen LogP contribution in [0.3, 0.4) is 0 Å². The largest absolute Gasteiger partial charge is 0.460 e. The lowest BCUT2D eigenvalue weighted by molar-refractivity contribution is -0.133. The maximum absolute atomic E-state index is 13.5. The number of carbonyl (C=O) groups excluding carboxylic acids is 2. The smallest absolute Gasteiger partial charge is 0.271 e. The van der Waals surface area contributed by atoms with Crippen molar-refractivity contribution in [2.45, 2.75) is 84.3 Å². The molecule has 4 rings (SSSR count). The van der Waals surface area contributed by atoms with Gasteiger partial charge in [-0.05, 0) is 39.0 Å². The van der Waals surface area contributed by atoms with Gasteiger partial charge in [0.05, 0.1) is 12.1 Å². The molecule has 1 fully saturated rings. The van der Waals surface area contributed by atoms with Gasteiger partial charge < -0.3 is 19.2 Å². The molecule has 0 radical (unpaired) electrons. The Kier molecular flexibility index (Phi) is 5.21. The van der Waals surface area contributed by atoms with Gasteiger partial charge in [-0.15, -0.1) is 0 Å². The van der Waals surface area contributed by atoms with Gasteiger partial charge in [0.15, 0.2) is 5.58 Å². The summed E-state index contributed by atoms with van der Waals surface area (Å²) < 4.78 is 7.73. The molecule has 0 bridgehead atoms. The zero-order valence-corrected chi connectivity index (χ0v) is 18.1. The average Bonchev–Trinajstić information content (AvgIpc) is 3.19. The number of nitrogens with one attached hydrogen (secondary N) is 1. The summed E-state index contributed by atoms with van der Waals surface area (Å²) in [5, 5.41) is 3.27. The summed E-state index contributed by atoms with van der Waals surface area (Å²) in [6.07, 6.45) is 6.49. The van der Waals surface area contributed by atoms with Crippen LogP contribution in [0.1, 0.15) is 75.5 Å². The van der Waals surface area contributed by atoms with Crippen LogP contribution >= 0.6 is 0 Å². The first kappa shape index (κ1) is 20.0. The van der Waals surface area contributed by atoms with Crippen LogP contribution in [-0.4, -0.2) is 39.4 Å². The van der Waals surface area contributed by atoms with Crippen LogP contribution in [0, 0.1) is 12.8 Å². The van der Waals surface area contributed by atoms with Gasteiger partial charge in [-0.2, -0.15) is 0 Å². The minimum absolute atomic E-state index is 0.0331. The topological polar surface area (TPSA) is 67.5 Å². The van der Waals surface area contributed by atoms with E-state index >= 15 is 0 Å². The van der Waals surface area contributed by atoms with Gasteiger partial charge in [0.2, 0.25) is 5.91 Å². The molecular weight excluding hydrogens is 366 g/mol. The number of aromatic nitrogens is 1. The lowest BCUT2D eigenvalue weighted by Crippen LogP contribution is -2.65. The van der Waals surface area contributed by atoms with Gasteiger partial charge >= 0.3 is 0 Å². The number of nitrogens with zero attached hydrogens (tertiary/aromatic N) is 2. The summed E-state index contributed by atoms with van der Waals surface area (Å²) in [4.78, 5) is 28.8. The fourth-order valence-electron chi connectivity index (χ4n) is 4.79. The minimum atomic E-state index is -0.909. The Morgan fingerprint density at radius 1 is 1.28 bits per heavy atom. The normalized spacial score (nSPS) is 23.1. The monoisotopic (exact) mass is 399 g/mol. The number of hydrogen-bond donors (Lipinski definition) is 1. The second kappa shape index (κ2) is 7.54. The van der Waals surface area contributed by atoms with E-state index in [-0.39, 0.29) is 17.9 Å². The van der Waals surface area contributed by atoms with Crippen LogP contribution in [0.5, 0.6) is 0 Å². The molecule has 2 aliphatic rings. The Balaban J connectivity index is 1.69. The molecule has 2 aromatic heterocycles. The van der Waals surface area contributed by atoms with Gasteiger partial charge in [0.25, 0.3) is 5.91 Å². The number of carbonyl (C=O) groups is 2. The van der Waals surface area contributed by atoms with Gasteiger partial charge in [-0.3, -0.25) is 9.59 Å². The van der Waals surface area contributed by atoms with Crippen molar-refractivity contribution in [2.24, 2.45) is 5.92 Å². The highest BCUT2D eigenvalue weighted by Crippen LogP contribution is 2.34. The van der Waals surface area contributed by atoms with Gasteiger partial charge in [0.1, 0.15) is 17.0 Å². The number of aryl methyl sites for hydroxylation is 1. The Labute approximate surface area is 172 Å². The van der Waals surface area contributed by atoms with Gasteiger partial charge in [-0.25, -0.2) is 0 Å². The van der Waals surface area contributed by atoms with Crippen LogP contribution in [0.2, 0.25) is 0 Å².